The van der Waals surface area contributed by atoms with Crippen LogP contribution >= 0.6 is 45.7 Å². The molecule has 0 radical (unpaired) electrons. The molecule has 2 atom stereocenters. The second kappa shape index (κ2) is 6.24. The van der Waals surface area contributed by atoms with Crippen LogP contribution in [0.1, 0.15) is 12.5 Å². The summed E-state index contributed by atoms with van der Waals surface area (Å²) >= 11 is 3.95. The zero-order valence-corrected chi connectivity index (χ0v) is 19.0. The van der Waals surface area contributed by atoms with Crippen molar-refractivity contribution in [3.8, 4) is 0 Å². The molecule has 0 amide bonds. The van der Waals surface area contributed by atoms with Gasteiger partial charge in [0.1, 0.15) is 16.5 Å². The third-order valence-electron chi connectivity index (χ3n) is 4.89. The second-order valence-electron chi connectivity index (χ2n) is 6.75. The van der Waals surface area contributed by atoms with Crippen molar-refractivity contribution in [2.24, 2.45) is 0 Å². The zero-order valence-electron chi connectivity index (χ0n) is 13.9. The summed E-state index contributed by atoms with van der Waals surface area (Å²) in [7, 11) is -3.89. The predicted molar refractivity (Wildman–Crippen MR) is 113 cm³/mol. The summed E-state index contributed by atoms with van der Waals surface area (Å²) in [5.74, 6) is -0.692. The summed E-state index contributed by atoms with van der Waals surface area (Å²) in [4.78, 5) is 18.1. The fourth-order valence-electron chi connectivity index (χ4n) is 3.87. The predicted octanol–water partition coefficient (Wildman–Crippen LogP) is 2.06. The minimum Gasteiger partial charge on any atom is -0.346 e. The Balaban J connectivity index is 2.20. The van der Waals surface area contributed by atoms with Crippen molar-refractivity contribution >= 4 is 72.3 Å². The third kappa shape index (κ3) is 2.68. The van der Waals surface area contributed by atoms with Gasteiger partial charge in [-0.25, -0.2) is 23.5 Å². The van der Waals surface area contributed by atoms with Crippen LogP contribution in [-0.4, -0.2) is 50.2 Å². The number of halogens is 3. The molecule has 2 aromatic rings. The first-order chi connectivity index (χ1) is 12.1. The molecule has 2 unspecified atom stereocenters. The van der Waals surface area contributed by atoms with Gasteiger partial charge in [0.2, 0.25) is 0 Å². The van der Waals surface area contributed by atoms with Crippen LogP contribution in [0.15, 0.2) is 15.8 Å². The standard InChI is InChI=1S/C15H15FI2N4O3S/c1-7-3-10-11-13(12(7)16)26(24,25)6-9-5-20(17)4-8(2)21(9)14(11)19-15(23)22(10)18/h3,8-9H,4-6H2,1-2H3. The first kappa shape index (κ1) is 18.8. The number of nitrogens with zero attached hydrogens (tertiary/aromatic N) is 4. The lowest BCUT2D eigenvalue weighted by Crippen LogP contribution is -2.57. The van der Waals surface area contributed by atoms with Gasteiger partial charge in [-0.1, -0.05) is 0 Å². The number of hydrogen-bond acceptors (Lipinski definition) is 6. The van der Waals surface area contributed by atoms with Crippen LogP contribution in [0.4, 0.5) is 10.2 Å². The molecule has 1 aromatic carbocycles. The fraction of sp³-hybridized carbons (Fsp3) is 0.467. The van der Waals surface area contributed by atoms with Crippen molar-refractivity contribution in [1.82, 2.24) is 10.9 Å². The summed E-state index contributed by atoms with van der Waals surface area (Å²) in [6.45, 7) is 4.66. The number of benzene rings is 1. The van der Waals surface area contributed by atoms with E-state index >= 15 is 0 Å². The minimum atomic E-state index is -3.89. The average Bonchev–Trinajstić information content (AvgIpc) is 2.61. The number of sulfone groups is 1. The van der Waals surface area contributed by atoms with Crippen LogP contribution in [0.2, 0.25) is 0 Å². The van der Waals surface area contributed by atoms with Crippen molar-refractivity contribution in [3.05, 3.63) is 27.9 Å². The topological polar surface area (TPSA) is 75.5 Å². The van der Waals surface area contributed by atoms with Gasteiger partial charge in [0.15, 0.2) is 9.84 Å². The Kier molecular flexibility index (Phi) is 4.51. The van der Waals surface area contributed by atoms with Gasteiger partial charge in [-0.15, -0.1) is 0 Å². The Morgan fingerprint density at radius 1 is 1.31 bits per heavy atom. The number of anilines is 1. The average molecular weight is 604 g/mol. The number of rotatable bonds is 0. The van der Waals surface area contributed by atoms with Crippen LogP contribution in [0.25, 0.3) is 10.9 Å². The maximum Gasteiger partial charge on any atom is 0.359 e. The molecule has 2 aliphatic heterocycles. The number of fused-ring (bicyclic) bond motifs is 2. The summed E-state index contributed by atoms with van der Waals surface area (Å²) in [5.41, 5.74) is 0.0801. The first-order valence-corrected chi connectivity index (χ1v) is 11.5. The van der Waals surface area contributed by atoms with Crippen molar-refractivity contribution in [2.75, 3.05) is 23.7 Å². The van der Waals surface area contributed by atoms with E-state index in [0.717, 1.165) is 0 Å². The zero-order chi connectivity index (χ0) is 19.0. The molecular formula is C15H15FI2N4O3S. The third-order valence-corrected chi connectivity index (χ3v) is 8.44. The van der Waals surface area contributed by atoms with Gasteiger partial charge in [0.05, 0.1) is 45.6 Å². The molecule has 0 bridgehead atoms. The number of aromatic nitrogens is 2. The monoisotopic (exact) mass is 604 g/mol. The van der Waals surface area contributed by atoms with Crippen LogP contribution in [-0.2, 0) is 9.84 Å². The van der Waals surface area contributed by atoms with E-state index in [-0.39, 0.29) is 33.5 Å². The number of piperazine rings is 1. The molecule has 2 aliphatic rings. The largest absolute Gasteiger partial charge is 0.359 e. The highest BCUT2D eigenvalue weighted by Gasteiger charge is 2.42. The Labute approximate surface area is 177 Å². The molecule has 0 saturated carbocycles. The fourth-order valence-corrected chi connectivity index (χ4v) is 7.26. The Hall–Kier alpha value is -0.540. The Bertz CT molecular complexity index is 1100. The van der Waals surface area contributed by atoms with Crippen LogP contribution in [0.5, 0.6) is 0 Å². The van der Waals surface area contributed by atoms with Crippen molar-refractivity contribution < 1.29 is 12.8 Å². The Morgan fingerprint density at radius 2 is 2.00 bits per heavy atom. The molecule has 3 heterocycles. The molecular weight excluding hydrogens is 589 g/mol. The van der Waals surface area contributed by atoms with E-state index in [4.69, 9.17) is 0 Å². The molecule has 11 heteroatoms. The lowest BCUT2D eigenvalue weighted by atomic mass is 10.1. The molecule has 1 fully saturated rings. The van der Waals surface area contributed by atoms with E-state index in [2.05, 4.69) is 27.8 Å². The van der Waals surface area contributed by atoms with Crippen LogP contribution in [0.3, 0.4) is 0 Å². The summed E-state index contributed by atoms with van der Waals surface area (Å²) < 4.78 is 44.5. The van der Waals surface area contributed by atoms with Crippen molar-refractivity contribution in [3.63, 3.8) is 0 Å². The summed E-state index contributed by atoms with van der Waals surface area (Å²) in [6.07, 6.45) is 0. The van der Waals surface area contributed by atoms with Crippen molar-refractivity contribution in [2.45, 2.75) is 30.8 Å². The van der Waals surface area contributed by atoms with E-state index in [1.807, 2.05) is 14.9 Å². The molecule has 0 aliphatic carbocycles. The molecule has 26 heavy (non-hydrogen) atoms. The number of hydrogen-bond donors (Lipinski definition) is 0. The quantitative estimate of drug-likeness (QED) is 0.339. The highest BCUT2D eigenvalue weighted by Crippen LogP contribution is 2.40. The lowest BCUT2D eigenvalue weighted by Gasteiger charge is -2.43. The highest BCUT2D eigenvalue weighted by molar-refractivity contribution is 14.1. The molecule has 140 valence electrons. The van der Waals surface area contributed by atoms with Crippen molar-refractivity contribution in [1.29, 1.82) is 0 Å². The first-order valence-electron chi connectivity index (χ1n) is 7.95. The molecule has 0 spiro atoms. The normalized spacial score (nSPS) is 25.2. The van der Waals surface area contributed by atoms with Crippen LogP contribution in [0, 0.1) is 12.7 Å². The van der Waals surface area contributed by atoms with E-state index in [9.17, 15) is 17.6 Å². The van der Waals surface area contributed by atoms with Gasteiger partial charge >= 0.3 is 5.69 Å². The van der Waals surface area contributed by atoms with Gasteiger partial charge in [0.25, 0.3) is 0 Å². The van der Waals surface area contributed by atoms with Gasteiger partial charge in [-0.2, -0.15) is 4.98 Å². The Morgan fingerprint density at radius 3 is 2.69 bits per heavy atom. The lowest BCUT2D eigenvalue weighted by molar-refractivity contribution is 0.345. The van der Waals surface area contributed by atoms with Gasteiger partial charge in [-0.3, -0.25) is 0 Å². The summed E-state index contributed by atoms with van der Waals surface area (Å²) in [6, 6.07) is 1.06. The SMILES string of the molecule is Cc1cc2c3c(nc(=O)n2I)N2C(C)CN(I)CC2CS(=O)(=O)c3c1F. The molecule has 4 rings (SSSR count). The van der Waals surface area contributed by atoms with E-state index in [0.29, 0.717) is 18.6 Å². The smallest absolute Gasteiger partial charge is 0.346 e. The highest BCUT2D eigenvalue weighted by atomic mass is 127. The molecule has 7 nitrogen and oxygen atoms in total. The summed E-state index contributed by atoms with van der Waals surface area (Å²) in [5, 5.41) is 0.207. The maximum atomic E-state index is 15.0. The van der Waals surface area contributed by atoms with E-state index < -0.39 is 27.4 Å². The minimum absolute atomic E-state index is 0.0590. The second-order valence-corrected chi connectivity index (χ2v) is 11.0. The molecule has 0 N–H and O–H groups in total. The molecule has 1 aromatic heterocycles. The van der Waals surface area contributed by atoms with Crippen LogP contribution < -0.4 is 10.6 Å². The molecule has 1 saturated heterocycles. The number of aryl methyl sites for hydroxylation is 1. The maximum absolute atomic E-state index is 15.0. The van der Waals surface area contributed by atoms with E-state index in [1.165, 1.54) is 15.8 Å². The van der Waals surface area contributed by atoms with Gasteiger partial charge in [-0.05, 0) is 25.5 Å². The van der Waals surface area contributed by atoms with Gasteiger partial charge < -0.3 is 4.90 Å². The van der Waals surface area contributed by atoms with E-state index in [1.54, 1.807) is 22.9 Å². The van der Waals surface area contributed by atoms with Gasteiger partial charge in [0, 0.05) is 42.0 Å².